The average molecular weight is 371 g/mol. The van der Waals surface area contributed by atoms with Crippen molar-refractivity contribution in [1.82, 2.24) is 0 Å². The normalized spacial score (nSPS) is 10.4. The van der Waals surface area contributed by atoms with Crippen molar-refractivity contribution in [3.8, 4) is 0 Å². The molecule has 0 aliphatic carbocycles. The third-order valence-electron chi connectivity index (χ3n) is 2.91. The third-order valence-corrected chi connectivity index (χ3v) is 3.90. The van der Waals surface area contributed by atoms with Crippen molar-refractivity contribution >= 4 is 40.0 Å². The second-order valence-electron chi connectivity index (χ2n) is 4.26. The SMILES string of the molecule is Cc1cc(Cl)c(C(=O)c2cccc(I)c2)cc1C. The number of rotatable bonds is 2. The summed E-state index contributed by atoms with van der Waals surface area (Å²) < 4.78 is 1.04. The number of benzene rings is 2. The first-order valence-electron chi connectivity index (χ1n) is 5.56. The Labute approximate surface area is 125 Å². The van der Waals surface area contributed by atoms with Crippen molar-refractivity contribution in [2.24, 2.45) is 0 Å². The van der Waals surface area contributed by atoms with E-state index in [4.69, 9.17) is 11.6 Å². The maximum Gasteiger partial charge on any atom is 0.194 e. The zero-order chi connectivity index (χ0) is 13.3. The number of halogens is 2. The van der Waals surface area contributed by atoms with E-state index in [9.17, 15) is 4.79 Å². The number of carbonyl (C=O) groups is 1. The number of hydrogen-bond donors (Lipinski definition) is 0. The smallest absolute Gasteiger partial charge is 0.194 e. The maximum absolute atomic E-state index is 12.4. The molecule has 0 bridgehead atoms. The summed E-state index contributed by atoms with van der Waals surface area (Å²) >= 11 is 8.36. The molecule has 0 saturated heterocycles. The monoisotopic (exact) mass is 370 g/mol. The molecule has 0 spiro atoms. The van der Waals surface area contributed by atoms with Gasteiger partial charge in [-0.2, -0.15) is 0 Å². The summed E-state index contributed by atoms with van der Waals surface area (Å²) in [4.78, 5) is 12.4. The highest BCUT2D eigenvalue weighted by Gasteiger charge is 2.14. The van der Waals surface area contributed by atoms with E-state index in [2.05, 4.69) is 22.6 Å². The van der Waals surface area contributed by atoms with E-state index in [-0.39, 0.29) is 5.78 Å². The highest BCUT2D eigenvalue weighted by molar-refractivity contribution is 14.1. The Kier molecular flexibility index (Phi) is 4.07. The molecule has 0 aliphatic heterocycles. The fourth-order valence-electron chi connectivity index (χ4n) is 1.74. The van der Waals surface area contributed by atoms with Crippen LogP contribution < -0.4 is 0 Å². The minimum Gasteiger partial charge on any atom is -0.289 e. The van der Waals surface area contributed by atoms with Gasteiger partial charge in [0.1, 0.15) is 0 Å². The summed E-state index contributed by atoms with van der Waals surface area (Å²) in [6.07, 6.45) is 0. The third kappa shape index (κ3) is 2.75. The second kappa shape index (κ2) is 5.41. The first-order chi connectivity index (χ1) is 8.49. The number of aryl methyl sites for hydroxylation is 2. The van der Waals surface area contributed by atoms with Crippen molar-refractivity contribution in [3.05, 3.63) is 67.2 Å². The molecular weight excluding hydrogens is 359 g/mol. The van der Waals surface area contributed by atoms with E-state index in [1.165, 1.54) is 0 Å². The van der Waals surface area contributed by atoms with Crippen LogP contribution in [0, 0.1) is 17.4 Å². The van der Waals surface area contributed by atoms with Crippen molar-refractivity contribution in [3.63, 3.8) is 0 Å². The molecular formula is C15H12ClIO. The van der Waals surface area contributed by atoms with Gasteiger partial charge in [0.25, 0.3) is 0 Å². The van der Waals surface area contributed by atoms with Crippen molar-refractivity contribution in [1.29, 1.82) is 0 Å². The number of carbonyl (C=O) groups excluding carboxylic acids is 1. The van der Waals surface area contributed by atoms with Crippen LogP contribution in [0.15, 0.2) is 36.4 Å². The molecule has 0 fully saturated rings. The Morgan fingerprint density at radius 2 is 1.78 bits per heavy atom. The Balaban J connectivity index is 2.49. The summed E-state index contributed by atoms with van der Waals surface area (Å²) in [6.45, 7) is 3.97. The van der Waals surface area contributed by atoms with Gasteiger partial charge in [-0.1, -0.05) is 23.7 Å². The summed E-state index contributed by atoms with van der Waals surface area (Å²) in [5, 5.41) is 0.516. The lowest BCUT2D eigenvalue weighted by atomic mass is 9.99. The lowest BCUT2D eigenvalue weighted by Gasteiger charge is -2.08. The van der Waals surface area contributed by atoms with Gasteiger partial charge in [0.15, 0.2) is 5.78 Å². The molecule has 0 atom stereocenters. The second-order valence-corrected chi connectivity index (χ2v) is 5.91. The van der Waals surface area contributed by atoms with Crippen LogP contribution in [-0.2, 0) is 0 Å². The fraction of sp³-hybridized carbons (Fsp3) is 0.133. The molecule has 2 aromatic carbocycles. The molecule has 2 aromatic rings. The van der Waals surface area contributed by atoms with Crippen LogP contribution in [-0.4, -0.2) is 5.78 Å². The molecule has 1 nitrogen and oxygen atoms in total. The first-order valence-corrected chi connectivity index (χ1v) is 7.01. The van der Waals surface area contributed by atoms with Crippen LogP contribution >= 0.6 is 34.2 Å². The highest BCUT2D eigenvalue weighted by atomic mass is 127. The van der Waals surface area contributed by atoms with E-state index in [1.807, 2.05) is 50.2 Å². The predicted molar refractivity (Wildman–Crippen MR) is 83.5 cm³/mol. The minimum atomic E-state index is -0.0263. The van der Waals surface area contributed by atoms with Gasteiger partial charge < -0.3 is 0 Å². The quantitative estimate of drug-likeness (QED) is 0.548. The molecule has 0 aliphatic rings. The van der Waals surface area contributed by atoms with Gasteiger partial charge in [-0.05, 0) is 71.8 Å². The standard InChI is InChI=1S/C15H12ClIO/c1-9-6-13(14(16)7-10(9)2)15(18)11-4-3-5-12(17)8-11/h3-8H,1-2H3. The van der Waals surface area contributed by atoms with Crippen LogP contribution in [0.25, 0.3) is 0 Å². The summed E-state index contributed by atoms with van der Waals surface area (Å²) in [5.41, 5.74) is 3.42. The van der Waals surface area contributed by atoms with Crippen LogP contribution in [0.2, 0.25) is 5.02 Å². The topological polar surface area (TPSA) is 17.1 Å². The largest absolute Gasteiger partial charge is 0.289 e. The van der Waals surface area contributed by atoms with Crippen molar-refractivity contribution < 1.29 is 4.79 Å². The Morgan fingerprint density at radius 1 is 1.11 bits per heavy atom. The van der Waals surface area contributed by atoms with E-state index in [0.29, 0.717) is 16.1 Å². The molecule has 0 radical (unpaired) electrons. The van der Waals surface area contributed by atoms with Crippen LogP contribution in [0.1, 0.15) is 27.0 Å². The highest BCUT2D eigenvalue weighted by Crippen LogP contribution is 2.24. The van der Waals surface area contributed by atoms with Crippen LogP contribution in [0.3, 0.4) is 0 Å². The Bertz CT molecular complexity index is 620. The summed E-state index contributed by atoms with van der Waals surface area (Å²) in [5.74, 6) is -0.0263. The molecule has 92 valence electrons. The van der Waals surface area contributed by atoms with Gasteiger partial charge in [0.2, 0.25) is 0 Å². The molecule has 0 unspecified atom stereocenters. The molecule has 0 aromatic heterocycles. The van der Waals surface area contributed by atoms with Crippen LogP contribution in [0.4, 0.5) is 0 Å². The first kappa shape index (κ1) is 13.6. The lowest BCUT2D eigenvalue weighted by molar-refractivity contribution is 0.103. The zero-order valence-corrected chi connectivity index (χ0v) is 13.0. The predicted octanol–water partition coefficient (Wildman–Crippen LogP) is 4.79. The molecule has 2 rings (SSSR count). The molecule has 0 N–H and O–H groups in total. The summed E-state index contributed by atoms with van der Waals surface area (Å²) in [6, 6.07) is 11.2. The lowest BCUT2D eigenvalue weighted by Crippen LogP contribution is -2.03. The van der Waals surface area contributed by atoms with E-state index >= 15 is 0 Å². The van der Waals surface area contributed by atoms with Gasteiger partial charge in [-0.25, -0.2) is 0 Å². The van der Waals surface area contributed by atoms with Gasteiger partial charge in [0, 0.05) is 14.7 Å². The molecule has 0 heterocycles. The summed E-state index contributed by atoms with van der Waals surface area (Å²) in [7, 11) is 0. The van der Waals surface area contributed by atoms with Gasteiger partial charge in [-0.3, -0.25) is 4.79 Å². The molecule has 0 saturated carbocycles. The van der Waals surface area contributed by atoms with Crippen molar-refractivity contribution in [2.75, 3.05) is 0 Å². The molecule has 18 heavy (non-hydrogen) atoms. The molecule has 0 amide bonds. The number of ketones is 1. The fourth-order valence-corrected chi connectivity index (χ4v) is 2.59. The van der Waals surface area contributed by atoms with Crippen molar-refractivity contribution in [2.45, 2.75) is 13.8 Å². The van der Waals surface area contributed by atoms with E-state index in [1.54, 1.807) is 0 Å². The number of hydrogen-bond acceptors (Lipinski definition) is 1. The van der Waals surface area contributed by atoms with E-state index in [0.717, 1.165) is 14.7 Å². The minimum absolute atomic E-state index is 0.0263. The average Bonchev–Trinajstić information content (AvgIpc) is 2.33. The van der Waals surface area contributed by atoms with Gasteiger partial charge >= 0.3 is 0 Å². The molecule has 3 heteroatoms. The van der Waals surface area contributed by atoms with Gasteiger partial charge in [0.05, 0.1) is 5.02 Å². The van der Waals surface area contributed by atoms with E-state index < -0.39 is 0 Å². The Morgan fingerprint density at radius 3 is 2.44 bits per heavy atom. The Hall–Kier alpha value is -0.870. The van der Waals surface area contributed by atoms with Gasteiger partial charge in [-0.15, -0.1) is 0 Å². The van der Waals surface area contributed by atoms with Crippen LogP contribution in [0.5, 0.6) is 0 Å². The zero-order valence-electron chi connectivity index (χ0n) is 10.1. The maximum atomic E-state index is 12.4.